The van der Waals surface area contributed by atoms with Crippen molar-refractivity contribution in [3.63, 3.8) is 0 Å². The molecule has 0 spiro atoms. The fraction of sp³-hybridized carbons (Fsp3) is 0.979. The van der Waals surface area contributed by atoms with Crippen LogP contribution in [-0.2, 0) is 9.47 Å². The van der Waals surface area contributed by atoms with E-state index in [0.29, 0.717) is 45.7 Å². The third-order valence-electron chi connectivity index (χ3n) is 27.8. The minimum atomic E-state index is 0. The van der Waals surface area contributed by atoms with Gasteiger partial charge in [-0.05, 0) is 223 Å². The molecule has 6 fully saturated rings. The van der Waals surface area contributed by atoms with Crippen molar-refractivity contribution in [3.05, 3.63) is 12.2 Å². The van der Waals surface area contributed by atoms with Gasteiger partial charge in [0.15, 0.2) is 0 Å². The molecule has 0 unspecified atom stereocenters. The average Bonchev–Trinajstić information content (AvgIpc) is 3.91. The molecule has 4 heteroatoms. The maximum absolute atomic E-state index is 5.39. The topological polar surface area (TPSA) is 33.7 Å². The first-order chi connectivity index (χ1) is 39.4. The first kappa shape index (κ1) is 131. The molecule has 0 radical (unpaired) electrons. The van der Waals surface area contributed by atoms with Gasteiger partial charge in [-0.15, -0.1) is 0 Å². The predicted octanol–water partition coefficient (Wildman–Crippen LogP) is 33.2. The summed E-state index contributed by atoms with van der Waals surface area (Å²) in [5, 5.41) is 3.54. The summed E-state index contributed by atoms with van der Waals surface area (Å²) in [7, 11) is 2.24. The zero-order chi connectivity index (χ0) is 67.2. The Balaban J connectivity index is -0.0000000684. The van der Waals surface area contributed by atoms with Crippen LogP contribution in [0.15, 0.2) is 12.2 Å². The Kier molecular flexibility index (Phi) is 77.7. The van der Waals surface area contributed by atoms with Gasteiger partial charge in [-0.2, -0.15) is 0 Å². The number of likely N-dealkylation sites (tertiary alicyclic amines) is 1. The lowest BCUT2D eigenvalue weighted by Crippen LogP contribution is -2.46. The van der Waals surface area contributed by atoms with E-state index in [4.69, 9.17) is 9.47 Å². The Hall–Kier alpha value is -0.420. The molecule has 620 valence electrons. The zero-order valence-electron chi connectivity index (χ0n) is 66.0. The summed E-state index contributed by atoms with van der Waals surface area (Å²) in [5.41, 5.74) is 4.64. The summed E-state index contributed by atoms with van der Waals surface area (Å²) in [5.74, 6) is 13.1. The Morgan fingerprint density at radius 1 is 0.303 bits per heavy atom. The van der Waals surface area contributed by atoms with Crippen LogP contribution in [0.1, 0.15) is 422 Å². The molecule has 7 aliphatic rings. The molecular weight excluding hydrogens is 1200 g/mol. The molecule has 3 saturated carbocycles. The highest BCUT2D eigenvalue weighted by atomic mass is 16.7. The van der Waals surface area contributed by atoms with E-state index in [0.717, 1.165) is 107 Å². The molecule has 0 amide bonds. The van der Waals surface area contributed by atoms with Gasteiger partial charge in [0.25, 0.3) is 0 Å². The van der Waals surface area contributed by atoms with Gasteiger partial charge in [0.2, 0.25) is 0 Å². The lowest BCUT2D eigenvalue weighted by molar-refractivity contribution is -0.192. The summed E-state index contributed by atoms with van der Waals surface area (Å²) in [6.07, 6.45) is 24.7. The third-order valence-corrected chi connectivity index (χ3v) is 27.8. The van der Waals surface area contributed by atoms with Gasteiger partial charge in [-0.1, -0.05) is 363 Å². The molecule has 99 heavy (non-hydrogen) atoms. The second-order valence-electron chi connectivity index (χ2n) is 36.0. The van der Waals surface area contributed by atoms with Crippen molar-refractivity contribution in [2.75, 3.05) is 53.2 Å². The molecule has 0 aromatic carbocycles. The number of nitrogens with one attached hydrogen (secondary N) is 1. The Morgan fingerprint density at radius 2 is 0.556 bits per heavy atom. The van der Waals surface area contributed by atoms with Crippen molar-refractivity contribution in [1.82, 2.24) is 10.2 Å². The Labute approximate surface area is 641 Å². The second-order valence-corrected chi connectivity index (χ2v) is 36.0. The summed E-state index contributed by atoms with van der Waals surface area (Å²) in [6.45, 7) is 86.9. The summed E-state index contributed by atoms with van der Waals surface area (Å²) in [4.78, 5) is 2.47. The molecule has 3 saturated heterocycles. The predicted molar refractivity (Wildman–Crippen MR) is 477 cm³/mol. The molecule has 4 aliphatic carbocycles. The third kappa shape index (κ3) is 35.9. The van der Waals surface area contributed by atoms with E-state index in [9.17, 15) is 0 Å². The van der Waals surface area contributed by atoms with Crippen molar-refractivity contribution in [3.8, 4) is 0 Å². The lowest BCUT2D eigenvalue weighted by atomic mass is 9.56. The number of ether oxygens (including phenoxy) is 2. The molecule has 0 atom stereocenters. The minimum Gasteiger partial charge on any atom is -0.355 e. The van der Waals surface area contributed by atoms with Gasteiger partial charge < -0.3 is 19.7 Å². The van der Waals surface area contributed by atoms with Crippen LogP contribution in [0.3, 0.4) is 0 Å². The monoisotopic (exact) mass is 1420 g/mol. The smallest absolute Gasteiger partial charge is 0.146 e. The normalized spacial score (nSPS) is 19.4. The van der Waals surface area contributed by atoms with Crippen LogP contribution < -0.4 is 5.32 Å². The van der Waals surface area contributed by atoms with Gasteiger partial charge in [-0.3, -0.25) is 0 Å². The lowest BCUT2D eigenvalue weighted by Gasteiger charge is -2.49. The van der Waals surface area contributed by atoms with Crippen molar-refractivity contribution >= 4 is 0 Å². The molecule has 0 aromatic heterocycles. The van der Waals surface area contributed by atoms with E-state index < -0.39 is 0 Å². The van der Waals surface area contributed by atoms with Crippen molar-refractivity contribution in [2.24, 2.45) is 138 Å². The van der Waals surface area contributed by atoms with E-state index >= 15 is 0 Å². The molecule has 7 rings (SSSR count). The highest BCUT2D eigenvalue weighted by Gasteiger charge is 2.48. The maximum atomic E-state index is 5.39. The van der Waals surface area contributed by atoms with Crippen LogP contribution in [0, 0.1) is 138 Å². The van der Waals surface area contributed by atoms with E-state index in [2.05, 4.69) is 265 Å². The van der Waals surface area contributed by atoms with E-state index in [-0.39, 0.29) is 102 Å². The van der Waals surface area contributed by atoms with Crippen LogP contribution >= 0.6 is 0 Å². The van der Waals surface area contributed by atoms with Crippen molar-refractivity contribution in [1.29, 1.82) is 0 Å². The van der Waals surface area contributed by atoms with E-state index in [1.807, 2.05) is 0 Å². The first-order valence-corrected chi connectivity index (χ1v) is 37.6. The van der Waals surface area contributed by atoms with Crippen LogP contribution in [-0.4, -0.2) is 58.1 Å². The fourth-order valence-electron chi connectivity index (χ4n) is 17.4. The fourth-order valence-corrected chi connectivity index (χ4v) is 17.4. The molecule has 0 bridgehead atoms. The number of hydrogen-bond donors (Lipinski definition) is 1. The Morgan fingerprint density at radius 3 is 0.677 bits per heavy atom. The zero-order valence-corrected chi connectivity index (χ0v) is 66.0. The average molecular weight is 1420 g/mol. The Bertz CT molecular complexity index is 1570. The molecular formula is C95H218N2O2. The number of nitrogens with zero attached hydrogens (tertiary/aromatic N) is 1. The summed E-state index contributed by atoms with van der Waals surface area (Å²) in [6, 6.07) is 0. The van der Waals surface area contributed by atoms with Crippen LogP contribution in [0.2, 0.25) is 0 Å². The maximum Gasteiger partial charge on any atom is 0.146 e. The highest BCUT2D eigenvalue weighted by molar-refractivity contribution is 5.05. The van der Waals surface area contributed by atoms with Gasteiger partial charge in [0, 0.05) is 18.5 Å². The largest absolute Gasteiger partial charge is 0.355 e. The number of allylic oxidation sites excluding steroid dienone is 2. The van der Waals surface area contributed by atoms with Crippen LogP contribution in [0.5, 0.6) is 0 Å². The molecule has 3 heterocycles. The minimum absolute atomic E-state index is 0. The number of rotatable bonds is 16. The van der Waals surface area contributed by atoms with Gasteiger partial charge in [-0.25, -0.2) is 0 Å². The molecule has 1 N–H and O–H groups in total. The van der Waals surface area contributed by atoms with Gasteiger partial charge >= 0.3 is 0 Å². The molecule has 4 nitrogen and oxygen atoms in total. The highest BCUT2D eigenvalue weighted by Crippen LogP contribution is 2.57. The number of piperidine rings is 1. The van der Waals surface area contributed by atoms with E-state index in [1.54, 1.807) is 0 Å². The second kappa shape index (κ2) is 58.6. The summed E-state index contributed by atoms with van der Waals surface area (Å²) < 4.78 is 10.8. The van der Waals surface area contributed by atoms with Crippen molar-refractivity contribution in [2.45, 2.75) is 422 Å². The van der Waals surface area contributed by atoms with Crippen LogP contribution in [0.4, 0.5) is 0 Å². The SMILES string of the molecule is C.C.C.C.C.C.C.C.C.C.C.C.C.CC(C)C(C)(C)C(C)C.CC(C)C1(C(C)C)CC1.CC(C)C1(C(C)C)CC=CC1.CC(C)C1(C(C)C)CCC1.CC(C)C1(C(C)C)CCCC1.CC(C)C1(C(C)C)CCCNC1.CC(C)C1(C(C)C)CCN(C)C1.CC(C)C1(C(C)C)COCOC1. The molecule has 3 aliphatic heterocycles. The number of hydrogen-bond acceptors (Lipinski definition) is 4. The summed E-state index contributed by atoms with van der Waals surface area (Å²) >= 11 is 0. The van der Waals surface area contributed by atoms with Crippen molar-refractivity contribution < 1.29 is 9.47 Å². The first-order valence-electron chi connectivity index (χ1n) is 37.6. The standard InChI is InChI=1S/2C11H23N.C11H22.C11H20.C10H20O2.C10H20.C9H18.C9H20.13CH4/c1-9(2)11(10(3)4)6-7-12(5)8-11;1-9(2)11(10(3)4)6-5-7-12-8-11;2*1-9(2)11(10(3)4)7-5-6-8-11;1-8(2)10(9(3)4)5-11-7-12-6-10;1-8(2)10(9(3)4)6-5-7-10;1-7(2)9(5-6-9)8(3)4;1-7(2)9(5,6)8(3)4;;;;;;;;;;;;;/h9-10H,6-8H2,1-5H3;9-10,12H,5-8H2,1-4H3;9-10H,5-8H2,1-4H3;5-6,9-10H,7-8H2,1-4H3;8-9H,5-7H2,1-4H3;8-9H,5-7H2,1-4H3;7-8H,5-6H2,1-4H3;7-8H,1-6H3;13*1H4. The molecule has 0 aromatic rings. The van der Waals surface area contributed by atoms with Gasteiger partial charge in [0.05, 0.1) is 13.2 Å². The van der Waals surface area contributed by atoms with Crippen LogP contribution in [0.25, 0.3) is 0 Å². The van der Waals surface area contributed by atoms with E-state index in [1.165, 1.54) is 116 Å². The van der Waals surface area contributed by atoms with Gasteiger partial charge in [0.1, 0.15) is 6.79 Å². The quantitative estimate of drug-likeness (QED) is 0.156.